The van der Waals surface area contributed by atoms with E-state index in [0.29, 0.717) is 17.1 Å². The van der Waals surface area contributed by atoms with E-state index < -0.39 is 10.0 Å². The van der Waals surface area contributed by atoms with Crippen molar-refractivity contribution < 1.29 is 8.42 Å². The van der Waals surface area contributed by atoms with Gasteiger partial charge in [0.15, 0.2) is 0 Å². The zero-order chi connectivity index (χ0) is 14.0. The van der Waals surface area contributed by atoms with Crippen molar-refractivity contribution in [1.82, 2.24) is 9.62 Å². The van der Waals surface area contributed by atoms with Gasteiger partial charge in [-0.25, -0.2) is 13.1 Å². The zero-order valence-corrected chi connectivity index (χ0v) is 14.6. The average molecular weight is 412 g/mol. The fourth-order valence-electron chi connectivity index (χ4n) is 1.83. The first-order chi connectivity index (χ1) is 8.90. The van der Waals surface area contributed by atoms with Gasteiger partial charge in [-0.05, 0) is 54.0 Å². The molecule has 1 aliphatic carbocycles. The maximum Gasteiger partial charge on any atom is 0.241 e. The highest BCUT2D eigenvalue weighted by Crippen LogP contribution is 2.26. The third-order valence-corrected chi connectivity index (χ3v) is 6.04. The molecule has 106 valence electrons. The summed E-state index contributed by atoms with van der Waals surface area (Å²) in [5, 5.41) is 0. The highest BCUT2D eigenvalue weighted by Gasteiger charge is 2.26. The van der Waals surface area contributed by atoms with E-state index in [1.807, 2.05) is 7.05 Å². The van der Waals surface area contributed by atoms with E-state index in [1.54, 1.807) is 18.2 Å². The quantitative estimate of drug-likeness (QED) is 0.782. The molecule has 0 amide bonds. The third kappa shape index (κ3) is 4.26. The lowest BCUT2D eigenvalue weighted by molar-refractivity contribution is 0.329. The maximum absolute atomic E-state index is 12.2. The van der Waals surface area contributed by atoms with Crippen molar-refractivity contribution >= 4 is 41.9 Å². The van der Waals surface area contributed by atoms with E-state index >= 15 is 0 Å². The molecule has 1 fully saturated rings. The first kappa shape index (κ1) is 15.4. The monoisotopic (exact) mass is 410 g/mol. The van der Waals surface area contributed by atoms with Crippen LogP contribution in [0.5, 0.6) is 0 Å². The van der Waals surface area contributed by atoms with Gasteiger partial charge >= 0.3 is 0 Å². The van der Waals surface area contributed by atoms with Crippen molar-refractivity contribution in [2.24, 2.45) is 0 Å². The van der Waals surface area contributed by atoms with Gasteiger partial charge in [-0.15, -0.1) is 0 Å². The molecular weight excluding hydrogens is 396 g/mol. The summed E-state index contributed by atoms with van der Waals surface area (Å²) in [6, 6.07) is 5.67. The SMILES string of the molecule is CN(CCNS(=O)(=O)c1ccc(Br)cc1Br)C1CC1. The van der Waals surface area contributed by atoms with Gasteiger partial charge in [-0.2, -0.15) is 0 Å². The number of benzene rings is 1. The van der Waals surface area contributed by atoms with Crippen molar-refractivity contribution in [3.63, 3.8) is 0 Å². The van der Waals surface area contributed by atoms with Crippen LogP contribution in [-0.2, 0) is 10.0 Å². The molecule has 0 aliphatic heterocycles. The number of likely N-dealkylation sites (N-methyl/N-ethyl adjacent to an activating group) is 1. The number of nitrogens with zero attached hydrogens (tertiary/aromatic N) is 1. The molecule has 0 unspecified atom stereocenters. The van der Waals surface area contributed by atoms with Crippen molar-refractivity contribution in [3.8, 4) is 0 Å². The summed E-state index contributed by atoms with van der Waals surface area (Å²) in [6.07, 6.45) is 2.45. The minimum atomic E-state index is -3.45. The van der Waals surface area contributed by atoms with E-state index in [2.05, 4.69) is 41.5 Å². The van der Waals surface area contributed by atoms with Gasteiger partial charge in [0.25, 0.3) is 0 Å². The second-order valence-electron chi connectivity index (χ2n) is 4.68. The van der Waals surface area contributed by atoms with E-state index in [-0.39, 0.29) is 4.90 Å². The summed E-state index contributed by atoms with van der Waals surface area (Å²) in [5.41, 5.74) is 0. The number of hydrogen-bond donors (Lipinski definition) is 1. The largest absolute Gasteiger partial charge is 0.302 e. The predicted octanol–water partition coefficient (Wildman–Crippen LogP) is 2.58. The first-order valence-corrected chi connectivity index (χ1v) is 9.12. The molecule has 1 N–H and O–H groups in total. The Kier molecular flexibility index (Phi) is 5.05. The Bertz CT molecular complexity index is 559. The first-order valence-electron chi connectivity index (χ1n) is 6.05. The van der Waals surface area contributed by atoms with Crippen LogP contribution in [0.2, 0.25) is 0 Å². The number of hydrogen-bond acceptors (Lipinski definition) is 3. The molecule has 0 radical (unpaired) electrons. The van der Waals surface area contributed by atoms with Gasteiger partial charge in [-0.3, -0.25) is 0 Å². The molecule has 19 heavy (non-hydrogen) atoms. The molecule has 0 bridgehead atoms. The molecule has 0 aromatic heterocycles. The summed E-state index contributed by atoms with van der Waals surface area (Å²) in [7, 11) is -1.42. The lowest BCUT2D eigenvalue weighted by atomic mass is 10.4. The van der Waals surface area contributed by atoms with Gasteiger partial charge in [0, 0.05) is 28.1 Å². The molecule has 0 atom stereocenters. The molecule has 0 saturated heterocycles. The van der Waals surface area contributed by atoms with Gasteiger partial charge in [0.2, 0.25) is 10.0 Å². The molecule has 1 aromatic carbocycles. The number of rotatable bonds is 6. The maximum atomic E-state index is 12.2. The van der Waals surface area contributed by atoms with Gasteiger partial charge in [0.05, 0.1) is 4.90 Å². The van der Waals surface area contributed by atoms with Crippen LogP contribution in [0.1, 0.15) is 12.8 Å². The van der Waals surface area contributed by atoms with Crippen molar-refractivity contribution in [2.45, 2.75) is 23.8 Å². The number of nitrogens with one attached hydrogen (secondary N) is 1. The molecule has 1 saturated carbocycles. The Morgan fingerprint density at radius 2 is 2.05 bits per heavy atom. The third-order valence-electron chi connectivity index (χ3n) is 3.11. The van der Waals surface area contributed by atoms with E-state index in [9.17, 15) is 8.42 Å². The van der Waals surface area contributed by atoms with Crippen molar-refractivity contribution in [1.29, 1.82) is 0 Å². The predicted molar refractivity (Wildman–Crippen MR) is 82.7 cm³/mol. The molecular formula is C12H16Br2N2O2S. The van der Waals surface area contributed by atoms with E-state index in [0.717, 1.165) is 11.0 Å². The molecule has 0 spiro atoms. The summed E-state index contributed by atoms with van der Waals surface area (Å²) in [4.78, 5) is 2.46. The highest BCUT2D eigenvalue weighted by molar-refractivity contribution is 9.11. The Morgan fingerprint density at radius 1 is 1.37 bits per heavy atom. The topological polar surface area (TPSA) is 49.4 Å². The van der Waals surface area contributed by atoms with Crippen LogP contribution >= 0.6 is 31.9 Å². The van der Waals surface area contributed by atoms with E-state index in [1.165, 1.54) is 12.8 Å². The molecule has 1 aromatic rings. The van der Waals surface area contributed by atoms with Gasteiger partial charge in [0.1, 0.15) is 0 Å². The van der Waals surface area contributed by atoms with E-state index in [4.69, 9.17) is 0 Å². The summed E-state index contributed by atoms with van der Waals surface area (Å²) >= 11 is 6.58. The fraction of sp³-hybridized carbons (Fsp3) is 0.500. The normalized spacial score (nSPS) is 16.0. The van der Waals surface area contributed by atoms with Crippen LogP contribution in [0.15, 0.2) is 32.0 Å². The van der Waals surface area contributed by atoms with Crippen molar-refractivity contribution in [2.75, 3.05) is 20.1 Å². The molecule has 1 aliphatic rings. The molecule has 7 heteroatoms. The average Bonchev–Trinajstić information content (AvgIpc) is 3.11. The van der Waals surface area contributed by atoms with Gasteiger partial charge < -0.3 is 4.90 Å². The number of halogens is 2. The molecule has 2 rings (SSSR count). The lowest BCUT2D eigenvalue weighted by Gasteiger charge is -2.16. The zero-order valence-electron chi connectivity index (χ0n) is 10.6. The van der Waals surface area contributed by atoms with Gasteiger partial charge in [-0.1, -0.05) is 15.9 Å². The summed E-state index contributed by atoms with van der Waals surface area (Å²) in [5.74, 6) is 0. The van der Waals surface area contributed by atoms with Crippen LogP contribution < -0.4 is 4.72 Å². The van der Waals surface area contributed by atoms with Crippen LogP contribution in [0.3, 0.4) is 0 Å². The Balaban J connectivity index is 1.97. The second kappa shape index (κ2) is 6.22. The van der Waals surface area contributed by atoms with Crippen molar-refractivity contribution in [3.05, 3.63) is 27.1 Å². The summed E-state index contributed by atoms with van der Waals surface area (Å²) in [6.45, 7) is 1.16. The van der Waals surface area contributed by atoms with Crippen LogP contribution in [-0.4, -0.2) is 39.5 Å². The smallest absolute Gasteiger partial charge is 0.241 e. The Hall–Kier alpha value is 0.0500. The standard InChI is InChI=1S/C12H16Br2N2O2S/c1-16(10-3-4-10)7-6-15-19(17,18)12-5-2-9(13)8-11(12)14/h2,5,8,10,15H,3-4,6-7H2,1H3. The fourth-order valence-corrected chi connectivity index (χ4v) is 4.59. The van der Waals surface area contributed by atoms with Crippen LogP contribution in [0, 0.1) is 0 Å². The highest BCUT2D eigenvalue weighted by atomic mass is 79.9. The Morgan fingerprint density at radius 3 is 2.63 bits per heavy atom. The van der Waals surface area contributed by atoms with Crippen LogP contribution in [0.4, 0.5) is 0 Å². The van der Waals surface area contributed by atoms with Crippen LogP contribution in [0.25, 0.3) is 0 Å². The minimum Gasteiger partial charge on any atom is -0.302 e. The number of sulfonamides is 1. The lowest BCUT2D eigenvalue weighted by Crippen LogP contribution is -2.34. The summed E-state index contributed by atoms with van der Waals surface area (Å²) < 4.78 is 28.3. The Labute approximate surface area is 130 Å². The second-order valence-corrected chi connectivity index (χ2v) is 8.19. The molecule has 4 nitrogen and oxygen atoms in total. The molecule has 0 heterocycles. The minimum absolute atomic E-state index is 0.268.